The second-order valence-electron chi connectivity index (χ2n) is 8.30. The summed E-state index contributed by atoms with van der Waals surface area (Å²) >= 11 is 5.99. The van der Waals surface area contributed by atoms with Crippen LogP contribution in [0.25, 0.3) is 11.1 Å². The molecular weight excluding hydrogens is 466 g/mol. The van der Waals surface area contributed by atoms with E-state index in [9.17, 15) is 23.6 Å². The van der Waals surface area contributed by atoms with E-state index in [-0.39, 0.29) is 33.0 Å². The fraction of sp³-hybridized carbons (Fsp3) is 0.240. The molecule has 1 atom stereocenters. The first-order valence-corrected chi connectivity index (χ1v) is 11.1. The predicted molar refractivity (Wildman–Crippen MR) is 123 cm³/mol. The van der Waals surface area contributed by atoms with E-state index in [4.69, 9.17) is 16.7 Å². The van der Waals surface area contributed by atoms with Crippen LogP contribution in [-0.2, 0) is 4.79 Å². The molecule has 176 valence electrons. The molecule has 34 heavy (non-hydrogen) atoms. The van der Waals surface area contributed by atoms with Gasteiger partial charge in [0.05, 0.1) is 5.56 Å². The standard InChI is InChI=1S/C25H21ClF2N2O4/c26-17-6-9-19(23(27)28)20(12-17)16-5-10-22(30(34)13-16)21(11-14-1-2-14)24(31)29-18-7-3-15(4-8-18)25(32)33/h3-10,12-14,21,23H,1-2,11H2,(H,29,31)(H,32,33)/t21-/m1/s1. The number of amides is 1. The SMILES string of the molecule is O=C(O)c1ccc(NC(=O)[C@H](CC2CC2)c2ccc(-c3cc(Cl)ccc3C(F)F)c[n+]2[O-])cc1. The lowest BCUT2D eigenvalue weighted by Gasteiger charge is -2.17. The summed E-state index contributed by atoms with van der Waals surface area (Å²) in [7, 11) is 0. The Morgan fingerprint density at radius 2 is 1.82 bits per heavy atom. The molecule has 2 aromatic carbocycles. The molecule has 9 heteroatoms. The molecule has 1 amide bonds. The Morgan fingerprint density at radius 3 is 2.41 bits per heavy atom. The quantitative estimate of drug-likeness (QED) is 0.311. The van der Waals surface area contributed by atoms with Gasteiger partial charge >= 0.3 is 5.97 Å². The summed E-state index contributed by atoms with van der Waals surface area (Å²) in [4.78, 5) is 24.1. The molecule has 2 N–H and O–H groups in total. The van der Waals surface area contributed by atoms with Crippen molar-refractivity contribution in [1.29, 1.82) is 0 Å². The number of carboxylic acid groups (broad SMARTS) is 1. The summed E-state index contributed by atoms with van der Waals surface area (Å²) in [5, 5.41) is 25.0. The van der Waals surface area contributed by atoms with Gasteiger partial charge in [-0.05, 0) is 60.4 Å². The monoisotopic (exact) mass is 486 g/mol. The Kier molecular flexibility index (Phi) is 6.79. The zero-order valence-electron chi connectivity index (χ0n) is 17.9. The van der Waals surface area contributed by atoms with Crippen LogP contribution in [0.2, 0.25) is 5.02 Å². The highest BCUT2D eigenvalue weighted by molar-refractivity contribution is 6.30. The second kappa shape index (κ2) is 9.77. The lowest BCUT2D eigenvalue weighted by Crippen LogP contribution is -2.37. The zero-order chi connectivity index (χ0) is 24.4. The minimum Gasteiger partial charge on any atom is -0.618 e. The van der Waals surface area contributed by atoms with Crippen molar-refractivity contribution in [1.82, 2.24) is 0 Å². The Hall–Kier alpha value is -3.52. The van der Waals surface area contributed by atoms with Gasteiger partial charge in [-0.2, -0.15) is 4.73 Å². The molecule has 0 saturated heterocycles. The molecule has 6 nitrogen and oxygen atoms in total. The third-order valence-electron chi connectivity index (χ3n) is 5.84. The van der Waals surface area contributed by atoms with E-state index >= 15 is 0 Å². The van der Waals surface area contributed by atoms with Crippen LogP contribution < -0.4 is 10.0 Å². The van der Waals surface area contributed by atoms with E-state index in [1.807, 2.05) is 0 Å². The summed E-state index contributed by atoms with van der Waals surface area (Å²) in [6.45, 7) is 0. The highest BCUT2D eigenvalue weighted by Gasteiger charge is 2.35. The van der Waals surface area contributed by atoms with E-state index in [1.165, 1.54) is 60.8 Å². The molecule has 0 aliphatic heterocycles. The van der Waals surface area contributed by atoms with Gasteiger partial charge in [0.15, 0.2) is 6.20 Å². The first kappa shape index (κ1) is 23.6. The smallest absolute Gasteiger partial charge is 0.335 e. The Labute approximate surface area is 199 Å². The van der Waals surface area contributed by atoms with Crippen molar-refractivity contribution in [2.75, 3.05) is 5.32 Å². The number of hydrogen-bond acceptors (Lipinski definition) is 3. The number of aromatic nitrogens is 1. The van der Waals surface area contributed by atoms with Crippen molar-refractivity contribution in [3.05, 3.63) is 87.8 Å². The normalized spacial score (nSPS) is 14.1. The lowest BCUT2D eigenvalue weighted by atomic mass is 9.94. The number of nitrogens with one attached hydrogen (secondary N) is 1. The molecule has 0 radical (unpaired) electrons. The summed E-state index contributed by atoms with van der Waals surface area (Å²) in [6, 6.07) is 12.7. The fourth-order valence-corrected chi connectivity index (χ4v) is 4.04. The number of alkyl halides is 2. The van der Waals surface area contributed by atoms with Crippen LogP contribution >= 0.6 is 11.6 Å². The van der Waals surface area contributed by atoms with Crippen molar-refractivity contribution >= 4 is 29.2 Å². The van der Waals surface area contributed by atoms with E-state index in [2.05, 4.69) is 5.32 Å². The molecule has 0 unspecified atom stereocenters. The van der Waals surface area contributed by atoms with E-state index in [1.54, 1.807) is 0 Å². The van der Waals surface area contributed by atoms with Gasteiger partial charge in [-0.3, -0.25) is 4.79 Å². The number of nitrogens with zero attached hydrogens (tertiary/aromatic N) is 1. The molecule has 1 heterocycles. The molecule has 0 bridgehead atoms. The maximum Gasteiger partial charge on any atom is 0.335 e. The van der Waals surface area contributed by atoms with Crippen LogP contribution in [0.5, 0.6) is 0 Å². The number of carbonyl (C=O) groups excluding carboxylic acids is 1. The highest BCUT2D eigenvalue weighted by Crippen LogP contribution is 2.39. The number of aromatic carboxylic acids is 1. The van der Waals surface area contributed by atoms with Gasteiger partial charge in [-0.25, -0.2) is 13.6 Å². The third-order valence-corrected chi connectivity index (χ3v) is 6.08. The summed E-state index contributed by atoms with van der Waals surface area (Å²) in [6.07, 6.45) is 0.845. The molecule has 1 aliphatic rings. The van der Waals surface area contributed by atoms with Gasteiger partial charge in [0.2, 0.25) is 11.6 Å². The number of benzene rings is 2. The molecule has 1 aliphatic carbocycles. The largest absolute Gasteiger partial charge is 0.618 e. The lowest BCUT2D eigenvalue weighted by molar-refractivity contribution is -0.614. The average molecular weight is 487 g/mol. The Bertz CT molecular complexity index is 1230. The summed E-state index contributed by atoms with van der Waals surface area (Å²) < 4.78 is 27.5. The number of pyridine rings is 1. The van der Waals surface area contributed by atoms with Crippen LogP contribution in [0.3, 0.4) is 0 Å². The van der Waals surface area contributed by atoms with Crippen LogP contribution in [0.4, 0.5) is 14.5 Å². The first-order chi connectivity index (χ1) is 16.2. The summed E-state index contributed by atoms with van der Waals surface area (Å²) in [5.41, 5.74) is 0.881. The van der Waals surface area contributed by atoms with Crippen molar-refractivity contribution in [3.8, 4) is 11.1 Å². The maximum atomic E-state index is 13.5. The maximum absolute atomic E-state index is 13.5. The van der Waals surface area contributed by atoms with Crippen LogP contribution in [0.15, 0.2) is 60.8 Å². The van der Waals surface area contributed by atoms with Crippen molar-refractivity contribution in [3.63, 3.8) is 0 Å². The van der Waals surface area contributed by atoms with E-state index in [0.29, 0.717) is 22.8 Å². The molecule has 4 rings (SSSR count). The molecule has 1 aromatic heterocycles. The Balaban J connectivity index is 1.62. The average Bonchev–Trinajstić information content (AvgIpc) is 3.62. The number of rotatable bonds is 8. The third kappa shape index (κ3) is 5.34. The predicted octanol–water partition coefficient (Wildman–Crippen LogP) is 5.80. The first-order valence-electron chi connectivity index (χ1n) is 10.7. The van der Waals surface area contributed by atoms with Crippen LogP contribution in [-0.4, -0.2) is 17.0 Å². The number of hydrogen-bond donors (Lipinski definition) is 2. The van der Waals surface area contributed by atoms with Gasteiger partial charge in [0, 0.05) is 27.9 Å². The molecule has 3 aromatic rings. The Morgan fingerprint density at radius 1 is 1.12 bits per heavy atom. The van der Waals surface area contributed by atoms with Gasteiger partial charge < -0.3 is 15.6 Å². The van der Waals surface area contributed by atoms with Gasteiger partial charge in [-0.15, -0.1) is 0 Å². The second-order valence-corrected chi connectivity index (χ2v) is 8.74. The summed E-state index contributed by atoms with van der Waals surface area (Å²) in [5.74, 6) is -1.91. The number of carboxylic acids is 1. The van der Waals surface area contributed by atoms with Gasteiger partial charge in [0.1, 0.15) is 5.92 Å². The fourth-order valence-electron chi connectivity index (χ4n) is 3.86. The number of carbonyl (C=O) groups is 2. The van der Waals surface area contributed by atoms with Gasteiger partial charge in [-0.1, -0.05) is 30.5 Å². The topological polar surface area (TPSA) is 93.3 Å². The van der Waals surface area contributed by atoms with Crippen LogP contribution in [0, 0.1) is 11.1 Å². The molecular formula is C25H21ClF2N2O4. The highest BCUT2D eigenvalue weighted by atomic mass is 35.5. The minimum atomic E-state index is -2.74. The molecule has 0 spiro atoms. The number of anilines is 1. The zero-order valence-corrected chi connectivity index (χ0v) is 18.6. The van der Waals surface area contributed by atoms with E-state index in [0.717, 1.165) is 12.8 Å². The molecule has 1 fully saturated rings. The van der Waals surface area contributed by atoms with Crippen molar-refractivity contribution < 1.29 is 28.2 Å². The molecule has 1 saturated carbocycles. The van der Waals surface area contributed by atoms with Crippen molar-refractivity contribution in [2.24, 2.45) is 5.92 Å². The minimum absolute atomic E-state index is 0.0877. The van der Waals surface area contributed by atoms with Gasteiger partial charge in [0.25, 0.3) is 6.43 Å². The van der Waals surface area contributed by atoms with Crippen molar-refractivity contribution in [2.45, 2.75) is 31.6 Å². The number of halogens is 3. The van der Waals surface area contributed by atoms with E-state index < -0.39 is 24.2 Å². The van der Waals surface area contributed by atoms with Crippen LogP contribution in [0.1, 0.15) is 53.2 Å².